The second kappa shape index (κ2) is 6.54. The van der Waals surface area contributed by atoms with Crippen molar-refractivity contribution in [2.45, 2.75) is 12.6 Å². The smallest absolute Gasteiger partial charge is 0.130 e. The summed E-state index contributed by atoms with van der Waals surface area (Å²) in [6.07, 6.45) is 3.65. The number of aromatic nitrogens is 2. The molecule has 2 aromatic carbocycles. The number of imidazole rings is 1. The zero-order chi connectivity index (χ0) is 15.4. The van der Waals surface area contributed by atoms with Crippen molar-refractivity contribution >= 4 is 0 Å². The fourth-order valence-corrected chi connectivity index (χ4v) is 2.52. The van der Waals surface area contributed by atoms with Gasteiger partial charge in [-0.3, -0.25) is 5.32 Å². The van der Waals surface area contributed by atoms with Crippen LogP contribution in [0, 0.1) is 5.82 Å². The van der Waals surface area contributed by atoms with Crippen LogP contribution in [0.3, 0.4) is 0 Å². The van der Waals surface area contributed by atoms with Crippen molar-refractivity contribution in [3.8, 4) is 0 Å². The third-order valence-corrected chi connectivity index (χ3v) is 3.65. The lowest BCUT2D eigenvalue weighted by atomic mass is 10.1. The Bertz CT molecular complexity index is 737. The van der Waals surface area contributed by atoms with Crippen molar-refractivity contribution in [3.05, 3.63) is 89.8 Å². The van der Waals surface area contributed by atoms with E-state index in [1.54, 1.807) is 18.3 Å². The molecule has 0 amide bonds. The summed E-state index contributed by atoms with van der Waals surface area (Å²) in [4.78, 5) is 4.41. The highest BCUT2D eigenvalue weighted by atomic mass is 19.1. The molecule has 0 aliphatic rings. The van der Waals surface area contributed by atoms with Crippen LogP contribution in [0.2, 0.25) is 0 Å². The normalized spacial score (nSPS) is 12.3. The molecular formula is C18H18FN3. The lowest BCUT2D eigenvalue weighted by Gasteiger charge is -2.19. The van der Waals surface area contributed by atoms with E-state index in [1.807, 2.05) is 42.1 Å². The first kappa shape index (κ1) is 14.5. The Morgan fingerprint density at radius 3 is 2.64 bits per heavy atom. The van der Waals surface area contributed by atoms with E-state index in [-0.39, 0.29) is 11.9 Å². The number of hydrogen-bond donors (Lipinski definition) is 1. The quantitative estimate of drug-likeness (QED) is 0.781. The summed E-state index contributed by atoms with van der Waals surface area (Å²) in [5.41, 5.74) is 2.04. The van der Waals surface area contributed by atoms with Crippen LogP contribution in [0.1, 0.15) is 23.0 Å². The van der Waals surface area contributed by atoms with Gasteiger partial charge in [-0.25, -0.2) is 9.37 Å². The summed E-state index contributed by atoms with van der Waals surface area (Å²) < 4.78 is 15.5. The van der Waals surface area contributed by atoms with Crippen molar-refractivity contribution in [3.63, 3.8) is 0 Å². The summed E-state index contributed by atoms with van der Waals surface area (Å²) in [5.74, 6) is 0.625. The van der Waals surface area contributed by atoms with Crippen LogP contribution in [0.4, 0.5) is 4.39 Å². The van der Waals surface area contributed by atoms with E-state index in [1.165, 1.54) is 11.6 Å². The second-order valence-electron chi connectivity index (χ2n) is 5.25. The van der Waals surface area contributed by atoms with Gasteiger partial charge in [-0.05, 0) is 23.3 Å². The average Bonchev–Trinajstić information content (AvgIpc) is 2.95. The molecule has 1 aromatic heterocycles. The molecule has 3 nitrogen and oxygen atoms in total. The fourth-order valence-electron chi connectivity index (χ4n) is 2.52. The molecule has 4 heteroatoms. The van der Waals surface area contributed by atoms with Crippen LogP contribution in [-0.2, 0) is 13.6 Å². The highest BCUT2D eigenvalue weighted by Gasteiger charge is 2.18. The maximum Gasteiger partial charge on any atom is 0.130 e. The van der Waals surface area contributed by atoms with Crippen molar-refractivity contribution in [1.29, 1.82) is 0 Å². The number of hydrogen-bond acceptors (Lipinski definition) is 2. The van der Waals surface area contributed by atoms with Crippen molar-refractivity contribution in [2.75, 3.05) is 0 Å². The van der Waals surface area contributed by atoms with Gasteiger partial charge in [0.1, 0.15) is 11.6 Å². The molecule has 0 aliphatic heterocycles. The predicted molar refractivity (Wildman–Crippen MR) is 84.7 cm³/mol. The number of aryl methyl sites for hydroxylation is 1. The van der Waals surface area contributed by atoms with E-state index in [4.69, 9.17) is 0 Å². The minimum Gasteiger partial charge on any atom is -0.336 e. The highest BCUT2D eigenvalue weighted by Crippen LogP contribution is 2.21. The van der Waals surface area contributed by atoms with Crippen LogP contribution < -0.4 is 5.32 Å². The average molecular weight is 295 g/mol. The Morgan fingerprint density at radius 1 is 1.14 bits per heavy atom. The largest absolute Gasteiger partial charge is 0.336 e. The van der Waals surface area contributed by atoms with Gasteiger partial charge in [-0.2, -0.15) is 0 Å². The van der Waals surface area contributed by atoms with E-state index in [9.17, 15) is 4.39 Å². The van der Waals surface area contributed by atoms with Gasteiger partial charge in [0.25, 0.3) is 0 Å². The molecule has 0 aliphatic carbocycles. The Balaban J connectivity index is 1.88. The van der Waals surface area contributed by atoms with E-state index in [0.717, 1.165) is 11.4 Å². The van der Waals surface area contributed by atoms with Crippen molar-refractivity contribution in [1.82, 2.24) is 14.9 Å². The minimum absolute atomic E-state index is 0.157. The molecule has 0 saturated heterocycles. The van der Waals surface area contributed by atoms with Gasteiger partial charge in [-0.15, -0.1) is 0 Å². The number of benzene rings is 2. The van der Waals surface area contributed by atoms with Gasteiger partial charge in [0.15, 0.2) is 0 Å². The Kier molecular flexibility index (Phi) is 4.30. The van der Waals surface area contributed by atoms with Crippen molar-refractivity contribution < 1.29 is 4.39 Å². The molecule has 0 radical (unpaired) electrons. The third kappa shape index (κ3) is 3.23. The van der Waals surface area contributed by atoms with E-state index >= 15 is 0 Å². The summed E-state index contributed by atoms with van der Waals surface area (Å²) in [5, 5.41) is 3.47. The monoisotopic (exact) mass is 295 g/mol. The zero-order valence-corrected chi connectivity index (χ0v) is 12.4. The van der Waals surface area contributed by atoms with E-state index < -0.39 is 0 Å². The summed E-state index contributed by atoms with van der Waals surface area (Å²) in [7, 11) is 1.94. The molecule has 1 heterocycles. The lowest BCUT2D eigenvalue weighted by Crippen LogP contribution is -2.24. The van der Waals surface area contributed by atoms with Crippen LogP contribution in [0.15, 0.2) is 67.0 Å². The third-order valence-electron chi connectivity index (χ3n) is 3.65. The molecular weight excluding hydrogens is 277 g/mol. The molecule has 3 aromatic rings. The van der Waals surface area contributed by atoms with Crippen LogP contribution in [0.25, 0.3) is 0 Å². The Morgan fingerprint density at radius 2 is 1.95 bits per heavy atom. The first-order valence-electron chi connectivity index (χ1n) is 7.24. The number of halogens is 1. The molecule has 0 unspecified atom stereocenters. The number of nitrogens with one attached hydrogen (secondary N) is 1. The summed E-state index contributed by atoms with van der Waals surface area (Å²) >= 11 is 0. The predicted octanol–water partition coefficient (Wildman–Crippen LogP) is 3.44. The van der Waals surface area contributed by atoms with Gasteiger partial charge in [0.05, 0.1) is 6.04 Å². The number of nitrogens with zero attached hydrogens (tertiary/aromatic N) is 2. The molecule has 1 N–H and O–H groups in total. The molecule has 1 atom stereocenters. The van der Waals surface area contributed by atoms with Gasteiger partial charge < -0.3 is 4.57 Å². The molecule has 22 heavy (non-hydrogen) atoms. The van der Waals surface area contributed by atoms with Crippen LogP contribution in [-0.4, -0.2) is 9.55 Å². The van der Waals surface area contributed by atoms with Crippen LogP contribution in [0.5, 0.6) is 0 Å². The molecule has 0 bridgehead atoms. The Labute approximate surface area is 129 Å². The lowest BCUT2D eigenvalue weighted by molar-refractivity contribution is 0.551. The second-order valence-corrected chi connectivity index (χ2v) is 5.25. The SMILES string of the molecule is Cn1ccnc1[C@H](NCc1ccccc1)c1cccc(F)c1. The zero-order valence-electron chi connectivity index (χ0n) is 12.4. The first-order valence-corrected chi connectivity index (χ1v) is 7.24. The maximum atomic E-state index is 13.6. The summed E-state index contributed by atoms with van der Waals surface area (Å²) in [6, 6.07) is 16.6. The molecule has 0 fully saturated rings. The van der Waals surface area contributed by atoms with Gasteiger partial charge in [-0.1, -0.05) is 42.5 Å². The molecule has 3 rings (SSSR count). The van der Waals surface area contributed by atoms with E-state index in [0.29, 0.717) is 6.54 Å². The highest BCUT2D eigenvalue weighted by molar-refractivity contribution is 5.26. The van der Waals surface area contributed by atoms with Crippen molar-refractivity contribution in [2.24, 2.45) is 7.05 Å². The van der Waals surface area contributed by atoms with E-state index in [2.05, 4.69) is 22.4 Å². The van der Waals surface area contributed by atoms with Gasteiger partial charge in [0.2, 0.25) is 0 Å². The maximum absolute atomic E-state index is 13.6. The standard InChI is InChI=1S/C18H18FN3/c1-22-11-10-20-18(22)17(15-8-5-9-16(19)12-15)21-13-14-6-3-2-4-7-14/h2-12,17,21H,13H2,1H3/t17-/m1/s1. The minimum atomic E-state index is -0.238. The van der Waals surface area contributed by atoms with Gasteiger partial charge in [0, 0.05) is 26.0 Å². The summed E-state index contributed by atoms with van der Waals surface area (Å²) in [6.45, 7) is 0.689. The Hall–Kier alpha value is -2.46. The van der Waals surface area contributed by atoms with Gasteiger partial charge >= 0.3 is 0 Å². The topological polar surface area (TPSA) is 29.9 Å². The molecule has 0 spiro atoms. The fraction of sp³-hybridized carbons (Fsp3) is 0.167. The molecule has 112 valence electrons. The first-order chi connectivity index (χ1) is 10.7. The molecule has 0 saturated carbocycles. The number of rotatable bonds is 5. The van der Waals surface area contributed by atoms with Crippen LogP contribution >= 0.6 is 0 Å².